The molecular formula is C10H16N2O2S. The van der Waals surface area contributed by atoms with Crippen LogP contribution in [0, 0.1) is 0 Å². The third kappa shape index (κ3) is 3.53. The van der Waals surface area contributed by atoms with Crippen molar-refractivity contribution in [1.29, 1.82) is 0 Å². The van der Waals surface area contributed by atoms with E-state index in [-0.39, 0.29) is 11.9 Å². The number of carbonyl (C=O) groups excluding carboxylic acids is 1. The molecule has 84 valence electrons. The van der Waals surface area contributed by atoms with Gasteiger partial charge in [-0.1, -0.05) is 0 Å². The van der Waals surface area contributed by atoms with Crippen molar-refractivity contribution in [2.24, 2.45) is 0 Å². The van der Waals surface area contributed by atoms with E-state index >= 15 is 0 Å². The van der Waals surface area contributed by atoms with Crippen LogP contribution in [0.25, 0.3) is 0 Å². The lowest BCUT2D eigenvalue weighted by Crippen LogP contribution is -2.35. The van der Waals surface area contributed by atoms with Gasteiger partial charge in [-0.3, -0.25) is 4.79 Å². The van der Waals surface area contributed by atoms with Crippen LogP contribution < -0.4 is 10.6 Å². The molecule has 0 aromatic carbocycles. The van der Waals surface area contributed by atoms with Crippen molar-refractivity contribution in [3.63, 3.8) is 0 Å². The first kappa shape index (κ1) is 12.0. The van der Waals surface area contributed by atoms with Gasteiger partial charge in [-0.25, -0.2) is 0 Å². The second-order valence-electron chi connectivity index (χ2n) is 3.24. The smallest absolute Gasteiger partial charge is 0.261 e. The highest BCUT2D eigenvalue weighted by Crippen LogP contribution is 2.20. The molecule has 1 rings (SSSR count). The predicted octanol–water partition coefficient (Wildman–Crippen LogP) is 1.55. The molecule has 0 bridgehead atoms. The van der Waals surface area contributed by atoms with Crippen molar-refractivity contribution in [3.05, 3.63) is 17.0 Å². The Morgan fingerprint density at radius 3 is 2.87 bits per heavy atom. The summed E-state index contributed by atoms with van der Waals surface area (Å²) in [6, 6.07) is 3.73. The first-order valence-electron chi connectivity index (χ1n) is 4.74. The standard InChI is InChI=1S/C10H16N2O2S/c1-7(6-14-3)12-10(13)8-4-5-9(11-2)15-8/h4-5,7,11H,6H2,1-3H3,(H,12,13)/t7-/m1/s1. The highest BCUT2D eigenvalue weighted by molar-refractivity contribution is 7.17. The van der Waals surface area contributed by atoms with Gasteiger partial charge < -0.3 is 15.4 Å². The lowest BCUT2D eigenvalue weighted by Gasteiger charge is -2.11. The van der Waals surface area contributed by atoms with E-state index in [0.717, 1.165) is 5.00 Å². The zero-order valence-electron chi connectivity index (χ0n) is 9.16. The number of hydrogen-bond donors (Lipinski definition) is 2. The monoisotopic (exact) mass is 228 g/mol. The minimum Gasteiger partial charge on any atom is -0.383 e. The van der Waals surface area contributed by atoms with Crippen molar-refractivity contribution in [3.8, 4) is 0 Å². The zero-order valence-corrected chi connectivity index (χ0v) is 9.98. The Morgan fingerprint density at radius 1 is 1.60 bits per heavy atom. The Kier molecular flexibility index (Phi) is 4.58. The maximum Gasteiger partial charge on any atom is 0.261 e. The van der Waals surface area contributed by atoms with Crippen molar-refractivity contribution < 1.29 is 9.53 Å². The summed E-state index contributed by atoms with van der Waals surface area (Å²) in [5.41, 5.74) is 0. The maximum absolute atomic E-state index is 11.7. The normalized spacial score (nSPS) is 12.2. The van der Waals surface area contributed by atoms with Gasteiger partial charge in [-0.05, 0) is 19.1 Å². The molecule has 0 saturated heterocycles. The molecule has 1 amide bonds. The Balaban J connectivity index is 2.53. The van der Waals surface area contributed by atoms with E-state index in [1.54, 1.807) is 7.11 Å². The third-order valence-electron chi connectivity index (χ3n) is 1.87. The van der Waals surface area contributed by atoms with E-state index in [1.807, 2.05) is 26.1 Å². The highest BCUT2D eigenvalue weighted by Gasteiger charge is 2.11. The minimum atomic E-state index is -0.0500. The summed E-state index contributed by atoms with van der Waals surface area (Å²) in [5.74, 6) is -0.0500. The van der Waals surface area contributed by atoms with Crippen LogP contribution in [-0.2, 0) is 4.74 Å². The fraction of sp³-hybridized carbons (Fsp3) is 0.500. The quantitative estimate of drug-likeness (QED) is 0.804. The van der Waals surface area contributed by atoms with Gasteiger partial charge in [-0.15, -0.1) is 11.3 Å². The van der Waals surface area contributed by atoms with Crippen LogP contribution in [0.5, 0.6) is 0 Å². The topological polar surface area (TPSA) is 50.4 Å². The van der Waals surface area contributed by atoms with Crippen molar-refractivity contribution >= 4 is 22.2 Å². The fourth-order valence-electron chi connectivity index (χ4n) is 1.18. The number of nitrogens with one attached hydrogen (secondary N) is 2. The second-order valence-corrected chi connectivity index (χ2v) is 4.33. The molecule has 1 heterocycles. The van der Waals surface area contributed by atoms with E-state index in [1.165, 1.54) is 11.3 Å². The lowest BCUT2D eigenvalue weighted by atomic mass is 10.3. The molecular weight excluding hydrogens is 212 g/mol. The first-order valence-corrected chi connectivity index (χ1v) is 5.56. The van der Waals surface area contributed by atoms with Crippen LogP contribution in [-0.4, -0.2) is 32.7 Å². The number of rotatable bonds is 5. The molecule has 0 unspecified atom stereocenters. The van der Waals surface area contributed by atoms with Crippen LogP contribution in [0.3, 0.4) is 0 Å². The van der Waals surface area contributed by atoms with Gasteiger partial charge >= 0.3 is 0 Å². The van der Waals surface area contributed by atoms with Crippen LogP contribution in [0.2, 0.25) is 0 Å². The van der Waals surface area contributed by atoms with Crippen LogP contribution in [0.1, 0.15) is 16.6 Å². The molecule has 1 aromatic heterocycles. The van der Waals surface area contributed by atoms with Gasteiger partial charge in [0.1, 0.15) is 0 Å². The van der Waals surface area contributed by atoms with Crippen molar-refractivity contribution in [2.75, 3.05) is 26.1 Å². The molecule has 0 saturated carbocycles. The van der Waals surface area contributed by atoms with Gasteiger partial charge in [-0.2, -0.15) is 0 Å². The molecule has 5 heteroatoms. The molecule has 0 aliphatic carbocycles. The van der Waals surface area contributed by atoms with Gasteiger partial charge in [0.2, 0.25) is 0 Å². The fourth-order valence-corrected chi connectivity index (χ4v) is 1.94. The average molecular weight is 228 g/mol. The molecule has 1 aromatic rings. The number of ether oxygens (including phenoxy) is 1. The van der Waals surface area contributed by atoms with Gasteiger partial charge in [0.25, 0.3) is 5.91 Å². The minimum absolute atomic E-state index is 0.0302. The molecule has 2 N–H and O–H groups in total. The van der Waals surface area contributed by atoms with E-state index in [0.29, 0.717) is 11.5 Å². The van der Waals surface area contributed by atoms with Gasteiger partial charge in [0.15, 0.2) is 0 Å². The van der Waals surface area contributed by atoms with E-state index in [9.17, 15) is 4.79 Å². The maximum atomic E-state index is 11.7. The highest BCUT2D eigenvalue weighted by atomic mass is 32.1. The van der Waals surface area contributed by atoms with Gasteiger partial charge in [0.05, 0.1) is 16.5 Å². The summed E-state index contributed by atoms with van der Waals surface area (Å²) < 4.78 is 4.94. The van der Waals surface area contributed by atoms with E-state index in [4.69, 9.17) is 4.74 Å². The largest absolute Gasteiger partial charge is 0.383 e. The van der Waals surface area contributed by atoms with Crippen molar-refractivity contribution in [1.82, 2.24) is 5.32 Å². The molecule has 4 nitrogen and oxygen atoms in total. The molecule has 0 aliphatic heterocycles. The molecule has 0 aliphatic rings. The summed E-state index contributed by atoms with van der Waals surface area (Å²) in [6.07, 6.45) is 0. The lowest BCUT2D eigenvalue weighted by molar-refractivity contribution is 0.0909. The number of anilines is 1. The van der Waals surface area contributed by atoms with Crippen LogP contribution >= 0.6 is 11.3 Å². The molecule has 1 atom stereocenters. The summed E-state index contributed by atoms with van der Waals surface area (Å²) in [6.45, 7) is 2.43. The molecule has 0 radical (unpaired) electrons. The summed E-state index contributed by atoms with van der Waals surface area (Å²) in [7, 11) is 3.45. The summed E-state index contributed by atoms with van der Waals surface area (Å²) in [5, 5.41) is 6.83. The number of hydrogen-bond acceptors (Lipinski definition) is 4. The number of carbonyl (C=O) groups is 1. The number of amides is 1. The average Bonchev–Trinajstić information content (AvgIpc) is 2.66. The van der Waals surface area contributed by atoms with Crippen molar-refractivity contribution in [2.45, 2.75) is 13.0 Å². The number of thiophene rings is 1. The third-order valence-corrected chi connectivity index (χ3v) is 2.97. The Labute approximate surface area is 93.6 Å². The van der Waals surface area contributed by atoms with Crippen LogP contribution in [0.15, 0.2) is 12.1 Å². The SMILES string of the molecule is CNc1ccc(C(=O)N[C@H](C)COC)s1. The van der Waals surface area contributed by atoms with Crippen LogP contribution in [0.4, 0.5) is 5.00 Å². The first-order chi connectivity index (χ1) is 7.17. The molecule has 15 heavy (non-hydrogen) atoms. The predicted molar refractivity (Wildman–Crippen MR) is 62.7 cm³/mol. The summed E-state index contributed by atoms with van der Waals surface area (Å²) >= 11 is 1.44. The zero-order chi connectivity index (χ0) is 11.3. The Bertz CT molecular complexity index is 325. The Hall–Kier alpha value is -1.07. The molecule has 0 fully saturated rings. The van der Waals surface area contributed by atoms with E-state index < -0.39 is 0 Å². The van der Waals surface area contributed by atoms with E-state index in [2.05, 4.69) is 10.6 Å². The molecule has 0 spiro atoms. The number of methoxy groups -OCH3 is 1. The van der Waals surface area contributed by atoms with Gasteiger partial charge in [0, 0.05) is 20.2 Å². The second kappa shape index (κ2) is 5.72. The Morgan fingerprint density at radius 2 is 2.33 bits per heavy atom. The summed E-state index contributed by atoms with van der Waals surface area (Å²) in [4.78, 5) is 12.4.